The number of hydrogen-bond acceptors (Lipinski definition) is 5. The molecule has 7 heteroatoms. The van der Waals surface area contributed by atoms with Crippen LogP contribution in [0.4, 0.5) is 0 Å². The van der Waals surface area contributed by atoms with E-state index in [2.05, 4.69) is 29.1 Å². The van der Waals surface area contributed by atoms with Gasteiger partial charge in [-0.25, -0.2) is 4.98 Å². The van der Waals surface area contributed by atoms with Gasteiger partial charge in [-0.1, -0.05) is 24.6 Å². The maximum absolute atomic E-state index is 12.3. The lowest BCUT2D eigenvalue weighted by Gasteiger charge is -2.20. The van der Waals surface area contributed by atoms with Crippen molar-refractivity contribution in [2.45, 2.75) is 25.8 Å². The number of piperidine rings is 1. The van der Waals surface area contributed by atoms with E-state index in [-0.39, 0.29) is 5.91 Å². The van der Waals surface area contributed by atoms with Crippen LogP contribution in [-0.2, 0) is 6.54 Å². The Balaban J connectivity index is 0.000000348. The molecule has 2 aliphatic rings. The van der Waals surface area contributed by atoms with Gasteiger partial charge in [-0.2, -0.15) is 5.26 Å². The van der Waals surface area contributed by atoms with Crippen LogP contribution >= 0.6 is 0 Å². The quantitative estimate of drug-likeness (QED) is 0.390. The number of imidazole rings is 1. The Bertz CT molecular complexity index is 1480. The van der Waals surface area contributed by atoms with Crippen molar-refractivity contribution in [3.05, 3.63) is 77.7 Å². The number of ether oxygens (including phenoxy) is 1. The Morgan fingerprint density at radius 2 is 1.68 bits per heavy atom. The summed E-state index contributed by atoms with van der Waals surface area (Å²) in [7, 11) is 5.65. The summed E-state index contributed by atoms with van der Waals surface area (Å²) in [5.41, 5.74) is 7.09. The van der Waals surface area contributed by atoms with E-state index in [1.54, 1.807) is 36.7 Å². The molecule has 0 unspecified atom stereocenters. The number of pyridine rings is 1. The second-order valence-electron chi connectivity index (χ2n) is 9.71. The van der Waals surface area contributed by atoms with Gasteiger partial charge in [0, 0.05) is 24.7 Å². The Labute approximate surface area is 217 Å². The number of hydrogen-bond donors (Lipinski definition) is 0. The average Bonchev–Trinajstić information content (AvgIpc) is 3.53. The molecule has 2 aromatic heterocycles. The summed E-state index contributed by atoms with van der Waals surface area (Å²) in [4.78, 5) is 20.8. The third-order valence-electron chi connectivity index (χ3n) is 7.15. The Kier molecular flexibility index (Phi) is 6.93. The number of aromatic nitrogens is 2. The first-order valence-corrected chi connectivity index (χ1v) is 12.6. The summed E-state index contributed by atoms with van der Waals surface area (Å²) in [6.45, 7) is 3.23. The number of likely N-dealkylation sites (tertiary alicyclic amines) is 1. The fourth-order valence-corrected chi connectivity index (χ4v) is 5.13. The Hall–Kier alpha value is -4.15. The molecule has 0 atom stereocenters. The van der Waals surface area contributed by atoms with E-state index >= 15 is 0 Å². The number of amides is 1. The van der Waals surface area contributed by atoms with Crippen molar-refractivity contribution in [1.29, 1.82) is 5.26 Å². The first-order valence-electron chi connectivity index (χ1n) is 12.6. The van der Waals surface area contributed by atoms with Crippen molar-refractivity contribution in [1.82, 2.24) is 19.2 Å². The fourth-order valence-electron chi connectivity index (χ4n) is 5.13. The molecular formula is C30H31N5O2. The summed E-state index contributed by atoms with van der Waals surface area (Å²) in [6.07, 6.45) is 7.82. The summed E-state index contributed by atoms with van der Waals surface area (Å²) in [6, 6.07) is 17.6. The van der Waals surface area contributed by atoms with Crippen molar-refractivity contribution in [3.8, 4) is 34.2 Å². The van der Waals surface area contributed by atoms with Gasteiger partial charge in [0.05, 0.1) is 37.0 Å². The number of nitriles is 1. The van der Waals surface area contributed by atoms with Crippen LogP contribution in [0.3, 0.4) is 0 Å². The molecular weight excluding hydrogens is 462 g/mol. The molecule has 37 heavy (non-hydrogen) atoms. The number of rotatable bonds is 3. The topological polar surface area (TPSA) is 73.9 Å². The normalized spacial score (nSPS) is 15.2. The molecule has 2 aromatic carbocycles. The minimum absolute atomic E-state index is 0.0476. The zero-order valence-electron chi connectivity index (χ0n) is 21.6. The van der Waals surface area contributed by atoms with Gasteiger partial charge < -0.3 is 14.5 Å². The summed E-state index contributed by atoms with van der Waals surface area (Å²) >= 11 is 0. The zero-order chi connectivity index (χ0) is 25.9. The lowest BCUT2D eigenvalue weighted by atomic mass is 9.95. The number of methoxy groups -OCH3 is 1. The van der Waals surface area contributed by atoms with Crippen molar-refractivity contribution in [3.63, 3.8) is 0 Å². The largest absolute Gasteiger partial charge is 0.494 e. The maximum Gasteiger partial charge on any atom is 0.254 e. The molecule has 0 N–H and O–H groups in total. The highest BCUT2D eigenvalue weighted by Crippen LogP contribution is 2.39. The second kappa shape index (κ2) is 10.5. The monoisotopic (exact) mass is 493 g/mol. The predicted octanol–water partition coefficient (Wildman–Crippen LogP) is 5.24. The highest BCUT2D eigenvalue weighted by atomic mass is 16.5. The number of fused-ring (bicyclic) bond motifs is 2. The standard InChI is InChI=1S/C24H18N4O2.C6H13N/c1-27-13-18-9-17(7-8-19(18)24(27)29)23-20(16-5-3-15(11-25)4-6-16)10-22(30-2)21-12-26-14-28(21)23;1-7-5-3-2-4-6-7/h3-10,12,14H,13H2,1-2H3;2-6H2,1H3. The lowest BCUT2D eigenvalue weighted by Crippen LogP contribution is -2.24. The number of nitrogens with zero attached hydrogens (tertiary/aromatic N) is 5. The molecule has 0 radical (unpaired) electrons. The molecule has 1 amide bonds. The van der Waals surface area contributed by atoms with Gasteiger partial charge in [0.1, 0.15) is 11.3 Å². The van der Waals surface area contributed by atoms with E-state index in [0.717, 1.165) is 39.0 Å². The van der Waals surface area contributed by atoms with Crippen LogP contribution in [0.1, 0.15) is 40.7 Å². The van der Waals surface area contributed by atoms with Gasteiger partial charge in [0.15, 0.2) is 0 Å². The lowest BCUT2D eigenvalue weighted by molar-refractivity contribution is 0.0816. The highest BCUT2D eigenvalue weighted by Gasteiger charge is 2.25. The minimum atomic E-state index is 0.0476. The Morgan fingerprint density at radius 1 is 0.946 bits per heavy atom. The molecule has 4 heterocycles. The molecule has 7 nitrogen and oxygen atoms in total. The van der Waals surface area contributed by atoms with Crippen LogP contribution in [0.5, 0.6) is 5.75 Å². The summed E-state index contributed by atoms with van der Waals surface area (Å²) < 4.78 is 7.63. The van der Waals surface area contributed by atoms with Gasteiger partial charge in [-0.05, 0) is 80.0 Å². The molecule has 188 valence electrons. The van der Waals surface area contributed by atoms with Crippen LogP contribution in [0.2, 0.25) is 0 Å². The highest BCUT2D eigenvalue weighted by molar-refractivity contribution is 5.99. The number of benzene rings is 2. The van der Waals surface area contributed by atoms with Crippen molar-refractivity contribution < 1.29 is 9.53 Å². The molecule has 1 saturated heterocycles. The molecule has 0 bridgehead atoms. The predicted molar refractivity (Wildman–Crippen MR) is 144 cm³/mol. The van der Waals surface area contributed by atoms with Crippen molar-refractivity contribution in [2.24, 2.45) is 0 Å². The van der Waals surface area contributed by atoms with Gasteiger partial charge >= 0.3 is 0 Å². The molecule has 2 aliphatic heterocycles. The van der Waals surface area contributed by atoms with Gasteiger partial charge in [0.25, 0.3) is 5.91 Å². The first-order chi connectivity index (χ1) is 18.0. The van der Waals surface area contributed by atoms with Crippen molar-refractivity contribution >= 4 is 11.4 Å². The molecule has 0 aliphatic carbocycles. The van der Waals surface area contributed by atoms with E-state index < -0.39 is 0 Å². The van der Waals surface area contributed by atoms with E-state index in [4.69, 9.17) is 10.00 Å². The molecule has 1 fully saturated rings. The SMILES string of the molecule is CN1CCCCC1.COc1cc(-c2ccc(C#N)cc2)c(-c2ccc3c(c2)CN(C)C3=O)n2cncc12. The van der Waals surface area contributed by atoms with Gasteiger partial charge in [-0.15, -0.1) is 0 Å². The molecule has 4 aromatic rings. The van der Waals surface area contributed by atoms with Crippen molar-refractivity contribution in [2.75, 3.05) is 34.3 Å². The van der Waals surface area contributed by atoms with E-state index in [1.807, 2.05) is 41.8 Å². The average molecular weight is 494 g/mol. The maximum atomic E-state index is 12.3. The number of carbonyl (C=O) groups excluding carboxylic acids is 1. The van der Waals surface area contributed by atoms with Crippen LogP contribution < -0.4 is 4.74 Å². The smallest absolute Gasteiger partial charge is 0.254 e. The minimum Gasteiger partial charge on any atom is -0.494 e. The van der Waals surface area contributed by atoms with E-state index in [0.29, 0.717) is 17.9 Å². The van der Waals surface area contributed by atoms with E-state index in [9.17, 15) is 4.79 Å². The third-order valence-corrected chi connectivity index (χ3v) is 7.15. The fraction of sp³-hybridized carbons (Fsp3) is 0.300. The van der Waals surface area contributed by atoms with E-state index in [1.165, 1.54) is 32.4 Å². The molecule has 6 rings (SSSR count). The zero-order valence-corrected chi connectivity index (χ0v) is 21.6. The molecule has 0 spiro atoms. The first kappa shape index (κ1) is 24.5. The Morgan fingerprint density at radius 3 is 2.32 bits per heavy atom. The number of carbonyl (C=O) groups is 1. The summed E-state index contributed by atoms with van der Waals surface area (Å²) in [5, 5.41) is 9.15. The summed E-state index contributed by atoms with van der Waals surface area (Å²) in [5.74, 6) is 0.762. The second-order valence-corrected chi connectivity index (χ2v) is 9.71. The van der Waals surface area contributed by atoms with Crippen LogP contribution in [-0.4, -0.2) is 59.4 Å². The van der Waals surface area contributed by atoms with Gasteiger partial charge in [-0.3, -0.25) is 9.20 Å². The van der Waals surface area contributed by atoms with Gasteiger partial charge in [0.2, 0.25) is 0 Å². The van der Waals surface area contributed by atoms with Crippen LogP contribution in [0.15, 0.2) is 61.1 Å². The molecule has 0 saturated carbocycles. The van der Waals surface area contributed by atoms with Crippen LogP contribution in [0, 0.1) is 11.3 Å². The van der Waals surface area contributed by atoms with Crippen LogP contribution in [0.25, 0.3) is 27.9 Å². The third kappa shape index (κ3) is 4.81.